The summed E-state index contributed by atoms with van der Waals surface area (Å²) in [4.78, 5) is 0. The highest BCUT2D eigenvalue weighted by molar-refractivity contribution is 6.30. The van der Waals surface area contributed by atoms with Gasteiger partial charge in [0, 0.05) is 23.3 Å². The molecule has 0 radical (unpaired) electrons. The third-order valence-electron chi connectivity index (χ3n) is 2.60. The molecule has 2 aromatic rings. The van der Waals surface area contributed by atoms with Crippen LogP contribution in [0.5, 0.6) is 0 Å². The number of benzene rings is 1. The van der Waals surface area contributed by atoms with Gasteiger partial charge < -0.3 is 5.32 Å². The molecule has 1 aromatic heterocycles. The Balaban J connectivity index is 2.19. The SMILES string of the molecule is CC(C)(C)NCc1ccn(-c2cc(Cl)ccc2F)n1. The first-order chi connectivity index (χ1) is 8.85. The second-order valence-corrected chi connectivity index (χ2v) is 5.89. The fraction of sp³-hybridized carbons (Fsp3) is 0.357. The Morgan fingerprint density at radius 3 is 2.74 bits per heavy atom. The minimum Gasteiger partial charge on any atom is -0.306 e. The quantitative estimate of drug-likeness (QED) is 0.932. The van der Waals surface area contributed by atoms with E-state index in [2.05, 4.69) is 31.2 Å². The Labute approximate surface area is 117 Å². The van der Waals surface area contributed by atoms with Crippen LogP contribution in [-0.4, -0.2) is 15.3 Å². The third kappa shape index (κ3) is 3.78. The molecule has 0 spiro atoms. The second-order valence-electron chi connectivity index (χ2n) is 5.45. The van der Waals surface area contributed by atoms with E-state index >= 15 is 0 Å². The maximum absolute atomic E-state index is 13.7. The van der Waals surface area contributed by atoms with Crippen LogP contribution in [0, 0.1) is 5.82 Å². The van der Waals surface area contributed by atoms with Crippen LogP contribution in [0.4, 0.5) is 4.39 Å². The molecule has 0 aliphatic heterocycles. The Morgan fingerprint density at radius 1 is 1.32 bits per heavy atom. The summed E-state index contributed by atoms with van der Waals surface area (Å²) in [7, 11) is 0. The number of nitrogens with one attached hydrogen (secondary N) is 1. The number of halogens is 2. The average Bonchev–Trinajstić information content (AvgIpc) is 2.77. The van der Waals surface area contributed by atoms with Crippen molar-refractivity contribution in [2.45, 2.75) is 32.9 Å². The highest BCUT2D eigenvalue weighted by atomic mass is 35.5. The fourth-order valence-corrected chi connectivity index (χ4v) is 1.77. The molecule has 3 nitrogen and oxygen atoms in total. The number of nitrogens with zero attached hydrogens (tertiary/aromatic N) is 2. The maximum Gasteiger partial charge on any atom is 0.148 e. The van der Waals surface area contributed by atoms with Crippen LogP contribution in [0.15, 0.2) is 30.5 Å². The van der Waals surface area contributed by atoms with Gasteiger partial charge in [0.2, 0.25) is 0 Å². The summed E-state index contributed by atoms with van der Waals surface area (Å²) in [6.07, 6.45) is 1.73. The summed E-state index contributed by atoms with van der Waals surface area (Å²) >= 11 is 5.87. The van der Waals surface area contributed by atoms with Gasteiger partial charge in [0.25, 0.3) is 0 Å². The van der Waals surface area contributed by atoms with Crippen LogP contribution in [0.3, 0.4) is 0 Å². The zero-order chi connectivity index (χ0) is 14.0. The molecule has 0 saturated heterocycles. The predicted octanol–water partition coefficient (Wildman–Crippen LogP) is 3.55. The molecule has 0 bridgehead atoms. The van der Waals surface area contributed by atoms with E-state index in [4.69, 9.17) is 11.6 Å². The lowest BCUT2D eigenvalue weighted by atomic mass is 10.1. The molecule has 2 rings (SSSR count). The zero-order valence-electron chi connectivity index (χ0n) is 11.2. The van der Waals surface area contributed by atoms with Crippen molar-refractivity contribution in [3.05, 3.63) is 47.0 Å². The molecule has 102 valence electrons. The van der Waals surface area contributed by atoms with Gasteiger partial charge in [0.1, 0.15) is 11.5 Å². The molecular formula is C14H17ClFN3. The molecule has 1 N–H and O–H groups in total. The summed E-state index contributed by atoms with van der Waals surface area (Å²) in [5, 5.41) is 8.16. The monoisotopic (exact) mass is 281 g/mol. The fourth-order valence-electron chi connectivity index (χ4n) is 1.61. The van der Waals surface area contributed by atoms with Crippen molar-refractivity contribution in [3.63, 3.8) is 0 Å². The van der Waals surface area contributed by atoms with Crippen molar-refractivity contribution in [3.8, 4) is 5.69 Å². The minimum atomic E-state index is -0.345. The number of aromatic nitrogens is 2. The highest BCUT2D eigenvalue weighted by Crippen LogP contribution is 2.18. The summed E-state index contributed by atoms with van der Waals surface area (Å²) in [5.41, 5.74) is 1.23. The molecule has 0 aliphatic rings. The molecule has 19 heavy (non-hydrogen) atoms. The summed E-state index contributed by atoms with van der Waals surface area (Å²) in [6.45, 7) is 6.89. The number of hydrogen-bond donors (Lipinski definition) is 1. The molecule has 1 heterocycles. The van der Waals surface area contributed by atoms with Crippen LogP contribution >= 0.6 is 11.6 Å². The third-order valence-corrected chi connectivity index (χ3v) is 2.83. The lowest BCUT2D eigenvalue weighted by Crippen LogP contribution is -2.35. The van der Waals surface area contributed by atoms with Gasteiger partial charge in [-0.2, -0.15) is 5.10 Å². The predicted molar refractivity (Wildman–Crippen MR) is 75.1 cm³/mol. The molecule has 1 aromatic carbocycles. The summed E-state index contributed by atoms with van der Waals surface area (Å²) < 4.78 is 15.2. The Bertz CT molecular complexity index is 572. The topological polar surface area (TPSA) is 29.9 Å². The van der Waals surface area contributed by atoms with Gasteiger partial charge in [-0.05, 0) is 45.0 Å². The lowest BCUT2D eigenvalue weighted by molar-refractivity contribution is 0.420. The van der Waals surface area contributed by atoms with E-state index in [0.29, 0.717) is 17.3 Å². The van der Waals surface area contributed by atoms with Crippen molar-refractivity contribution in [2.75, 3.05) is 0 Å². The van der Waals surface area contributed by atoms with Crippen LogP contribution in [-0.2, 0) is 6.54 Å². The Kier molecular flexibility index (Phi) is 3.92. The van der Waals surface area contributed by atoms with Crippen LogP contribution < -0.4 is 5.32 Å². The standard InChI is InChI=1S/C14H17ClFN3/c1-14(2,3)17-9-11-6-7-19(18-11)13-8-10(15)4-5-12(13)16/h4-8,17H,9H2,1-3H3. The zero-order valence-corrected chi connectivity index (χ0v) is 12.0. The second kappa shape index (κ2) is 5.31. The van der Waals surface area contributed by atoms with Crippen molar-refractivity contribution < 1.29 is 4.39 Å². The molecule has 0 amide bonds. The molecular weight excluding hydrogens is 265 g/mol. The van der Waals surface area contributed by atoms with E-state index in [9.17, 15) is 4.39 Å². The normalized spacial score (nSPS) is 11.8. The summed E-state index contributed by atoms with van der Waals surface area (Å²) in [5.74, 6) is -0.345. The van der Waals surface area contributed by atoms with Crippen molar-refractivity contribution in [1.82, 2.24) is 15.1 Å². The average molecular weight is 282 g/mol. The largest absolute Gasteiger partial charge is 0.306 e. The van der Waals surface area contributed by atoms with E-state index < -0.39 is 0 Å². The van der Waals surface area contributed by atoms with Gasteiger partial charge in [-0.15, -0.1) is 0 Å². The van der Waals surface area contributed by atoms with Crippen LogP contribution in [0.1, 0.15) is 26.5 Å². The minimum absolute atomic E-state index is 0.0189. The van der Waals surface area contributed by atoms with Gasteiger partial charge in [0.15, 0.2) is 0 Å². The first-order valence-corrected chi connectivity index (χ1v) is 6.48. The van der Waals surface area contributed by atoms with Crippen molar-refractivity contribution >= 4 is 11.6 Å². The van der Waals surface area contributed by atoms with Gasteiger partial charge >= 0.3 is 0 Å². The Hall–Kier alpha value is -1.39. The van der Waals surface area contributed by atoms with Gasteiger partial charge in [0.05, 0.1) is 5.69 Å². The van der Waals surface area contributed by atoms with Crippen LogP contribution in [0.25, 0.3) is 5.69 Å². The molecule has 0 saturated carbocycles. The number of hydrogen-bond acceptors (Lipinski definition) is 2. The maximum atomic E-state index is 13.7. The van der Waals surface area contributed by atoms with Crippen LogP contribution in [0.2, 0.25) is 5.02 Å². The summed E-state index contributed by atoms with van der Waals surface area (Å²) in [6, 6.07) is 6.28. The lowest BCUT2D eigenvalue weighted by Gasteiger charge is -2.19. The van der Waals surface area contributed by atoms with E-state index in [1.807, 2.05) is 6.07 Å². The molecule has 0 fully saturated rings. The van der Waals surface area contributed by atoms with E-state index in [0.717, 1.165) is 5.69 Å². The van der Waals surface area contributed by atoms with E-state index in [-0.39, 0.29) is 11.4 Å². The molecule has 0 aliphatic carbocycles. The smallest absolute Gasteiger partial charge is 0.148 e. The first kappa shape index (κ1) is 14.0. The first-order valence-electron chi connectivity index (χ1n) is 6.10. The number of rotatable bonds is 3. The van der Waals surface area contributed by atoms with Crippen molar-refractivity contribution in [2.24, 2.45) is 0 Å². The van der Waals surface area contributed by atoms with Gasteiger partial charge in [-0.1, -0.05) is 11.6 Å². The highest BCUT2D eigenvalue weighted by Gasteiger charge is 2.11. The molecule has 0 unspecified atom stereocenters. The van der Waals surface area contributed by atoms with Crippen molar-refractivity contribution in [1.29, 1.82) is 0 Å². The molecule has 0 atom stereocenters. The Morgan fingerprint density at radius 2 is 2.05 bits per heavy atom. The van der Waals surface area contributed by atoms with E-state index in [1.54, 1.807) is 12.3 Å². The van der Waals surface area contributed by atoms with E-state index in [1.165, 1.54) is 16.8 Å². The van der Waals surface area contributed by atoms with Gasteiger partial charge in [-0.25, -0.2) is 9.07 Å². The molecule has 5 heteroatoms. The van der Waals surface area contributed by atoms with Gasteiger partial charge in [-0.3, -0.25) is 0 Å².